The highest BCUT2D eigenvalue weighted by Gasteiger charge is 2.20. The summed E-state index contributed by atoms with van der Waals surface area (Å²) in [5.74, 6) is -0.117. The number of hydrogen-bond donors (Lipinski definition) is 2. The van der Waals surface area contributed by atoms with Gasteiger partial charge in [0.05, 0.1) is 6.42 Å². The molecule has 1 aromatic carbocycles. The number of carbonyl (C=O) groups is 1. The van der Waals surface area contributed by atoms with Crippen LogP contribution in [0.15, 0.2) is 39.9 Å². The minimum absolute atomic E-state index is 0.00539. The molecule has 0 radical (unpaired) electrons. The van der Waals surface area contributed by atoms with Crippen molar-refractivity contribution in [1.29, 1.82) is 0 Å². The van der Waals surface area contributed by atoms with Gasteiger partial charge in [-0.3, -0.25) is 23.4 Å². The molecule has 3 aromatic heterocycles. The molecule has 0 fully saturated rings. The molecule has 4 rings (SSSR count). The number of rotatable bonds is 8. The molecule has 11 heteroatoms. The van der Waals surface area contributed by atoms with Gasteiger partial charge in [-0.15, -0.1) is 0 Å². The fourth-order valence-corrected chi connectivity index (χ4v) is 3.91. The number of fused-ring (bicyclic) bond motifs is 1. The zero-order chi connectivity index (χ0) is 24.4. The quantitative estimate of drug-likeness (QED) is 0.412. The topological polar surface area (TPSA) is 120 Å². The summed E-state index contributed by atoms with van der Waals surface area (Å²) in [6, 6.07) is 7.46. The van der Waals surface area contributed by atoms with Gasteiger partial charge in [0.2, 0.25) is 5.91 Å². The summed E-state index contributed by atoms with van der Waals surface area (Å²) in [7, 11) is 1.68. The van der Waals surface area contributed by atoms with Gasteiger partial charge < -0.3 is 10.3 Å². The number of imidazole rings is 1. The fraction of sp³-hybridized carbons (Fsp3) is 0.348. The summed E-state index contributed by atoms with van der Waals surface area (Å²) in [6.45, 7) is 4.60. The third-order valence-corrected chi connectivity index (χ3v) is 5.40. The van der Waals surface area contributed by atoms with E-state index in [1.165, 1.54) is 25.9 Å². The highest BCUT2D eigenvalue weighted by atomic mass is 19.1. The molecule has 0 atom stereocenters. The molecule has 34 heavy (non-hydrogen) atoms. The van der Waals surface area contributed by atoms with Gasteiger partial charge >= 0.3 is 5.69 Å². The Morgan fingerprint density at radius 2 is 1.85 bits per heavy atom. The van der Waals surface area contributed by atoms with Crippen molar-refractivity contribution in [2.75, 3.05) is 5.32 Å². The van der Waals surface area contributed by atoms with Crippen LogP contribution in [-0.4, -0.2) is 34.8 Å². The average Bonchev–Trinajstić information content (AvgIpc) is 3.37. The molecule has 0 saturated heterocycles. The monoisotopic (exact) mass is 467 g/mol. The van der Waals surface area contributed by atoms with Crippen LogP contribution in [0, 0.1) is 5.82 Å². The Balaban J connectivity index is 1.68. The lowest BCUT2D eigenvalue weighted by Crippen LogP contribution is -2.40. The normalized spacial score (nSPS) is 11.3. The molecular weight excluding hydrogens is 441 g/mol. The number of carbonyl (C=O) groups excluding carboxylic acids is 1. The standard InChI is InChI=1S/C23H26FN7O3/c1-4-9-30-21-19(22(33)31(10-5-2)23(30)34)26-20(27-21)16-13-17(28-29(16)3)25-18(32)12-14-7-6-8-15(24)11-14/h6-8,11,13H,4-5,9-10,12H2,1-3H3,(H,26,27)(H,25,28,32). The third-order valence-electron chi connectivity index (χ3n) is 5.40. The summed E-state index contributed by atoms with van der Waals surface area (Å²) in [5, 5.41) is 7.00. The van der Waals surface area contributed by atoms with E-state index in [2.05, 4.69) is 20.4 Å². The van der Waals surface area contributed by atoms with E-state index < -0.39 is 11.4 Å². The second-order valence-corrected chi connectivity index (χ2v) is 8.07. The van der Waals surface area contributed by atoms with Crippen molar-refractivity contribution in [3.05, 3.63) is 62.6 Å². The second-order valence-electron chi connectivity index (χ2n) is 8.07. The van der Waals surface area contributed by atoms with Crippen molar-refractivity contribution in [2.24, 2.45) is 7.05 Å². The van der Waals surface area contributed by atoms with Crippen LogP contribution in [0.2, 0.25) is 0 Å². The highest BCUT2D eigenvalue weighted by Crippen LogP contribution is 2.21. The number of hydrogen-bond acceptors (Lipinski definition) is 5. The van der Waals surface area contributed by atoms with Crippen molar-refractivity contribution >= 4 is 22.9 Å². The van der Waals surface area contributed by atoms with Crippen LogP contribution in [0.4, 0.5) is 10.2 Å². The van der Waals surface area contributed by atoms with E-state index in [0.717, 1.165) is 0 Å². The summed E-state index contributed by atoms with van der Waals surface area (Å²) in [4.78, 5) is 45.8. The van der Waals surface area contributed by atoms with Crippen LogP contribution < -0.4 is 16.6 Å². The van der Waals surface area contributed by atoms with Crippen LogP contribution in [0.5, 0.6) is 0 Å². The first-order valence-electron chi connectivity index (χ1n) is 11.1. The summed E-state index contributed by atoms with van der Waals surface area (Å²) in [5.41, 5.74) is 0.790. The molecule has 0 aliphatic heterocycles. The molecule has 0 aliphatic rings. The van der Waals surface area contributed by atoms with Gasteiger partial charge in [0, 0.05) is 26.2 Å². The first-order valence-corrected chi connectivity index (χ1v) is 11.1. The Bertz CT molecular complexity index is 1480. The number of anilines is 1. The molecule has 178 valence electrons. The van der Waals surface area contributed by atoms with Gasteiger partial charge in [-0.25, -0.2) is 14.2 Å². The predicted octanol–water partition coefficient (Wildman–Crippen LogP) is 2.43. The molecule has 10 nitrogen and oxygen atoms in total. The van der Waals surface area contributed by atoms with Crippen molar-refractivity contribution < 1.29 is 9.18 Å². The molecule has 4 aromatic rings. The Morgan fingerprint density at radius 1 is 1.12 bits per heavy atom. The lowest BCUT2D eigenvalue weighted by molar-refractivity contribution is -0.115. The lowest BCUT2D eigenvalue weighted by atomic mass is 10.1. The number of aryl methyl sites for hydroxylation is 2. The molecule has 3 heterocycles. The van der Waals surface area contributed by atoms with Gasteiger partial charge in [-0.2, -0.15) is 5.10 Å². The van der Waals surface area contributed by atoms with E-state index in [-0.39, 0.29) is 29.4 Å². The molecule has 0 saturated carbocycles. The van der Waals surface area contributed by atoms with Crippen LogP contribution in [0.3, 0.4) is 0 Å². The number of nitrogens with zero attached hydrogens (tertiary/aromatic N) is 5. The molecule has 0 bridgehead atoms. The van der Waals surface area contributed by atoms with E-state index in [1.54, 1.807) is 25.2 Å². The Kier molecular flexibility index (Phi) is 6.44. The molecular formula is C23H26FN7O3. The minimum atomic E-state index is -0.442. The maximum atomic E-state index is 13.4. The van der Waals surface area contributed by atoms with Gasteiger partial charge in [0.1, 0.15) is 17.2 Å². The number of aromatic nitrogens is 6. The number of benzene rings is 1. The zero-order valence-electron chi connectivity index (χ0n) is 19.3. The predicted molar refractivity (Wildman–Crippen MR) is 126 cm³/mol. The zero-order valence-corrected chi connectivity index (χ0v) is 19.3. The molecule has 1 amide bonds. The summed E-state index contributed by atoms with van der Waals surface area (Å²) < 4.78 is 17.6. The number of nitrogens with one attached hydrogen (secondary N) is 2. The van der Waals surface area contributed by atoms with Crippen LogP contribution in [0.1, 0.15) is 32.3 Å². The number of aromatic amines is 1. The lowest BCUT2D eigenvalue weighted by Gasteiger charge is -2.09. The second kappa shape index (κ2) is 9.46. The summed E-state index contributed by atoms with van der Waals surface area (Å²) in [6.07, 6.45) is 1.35. The van der Waals surface area contributed by atoms with E-state index >= 15 is 0 Å². The first-order chi connectivity index (χ1) is 16.3. The Hall–Kier alpha value is -4.02. The largest absolute Gasteiger partial charge is 0.332 e. The third kappa shape index (κ3) is 4.41. The van der Waals surface area contributed by atoms with Crippen LogP contribution in [0.25, 0.3) is 22.7 Å². The van der Waals surface area contributed by atoms with Gasteiger partial charge in [0.25, 0.3) is 5.56 Å². The van der Waals surface area contributed by atoms with E-state index in [4.69, 9.17) is 0 Å². The van der Waals surface area contributed by atoms with E-state index in [9.17, 15) is 18.8 Å². The molecule has 2 N–H and O–H groups in total. The van der Waals surface area contributed by atoms with Crippen molar-refractivity contribution in [1.82, 2.24) is 28.9 Å². The van der Waals surface area contributed by atoms with Crippen LogP contribution >= 0.6 is 0 Å². The minimum Gasteiger partial charge on any atom is -0.322 e. The van der Waals surface area contributed by atoms with Crippen molar-refractivity contribution in [3.63, 3.8) is 0 Å². The maximum absolute atomic E-state index is 13.4. The Morgan fingerprint density at radius 3 is 2.56 bits per heavy atom. The average molecular weight is 468 g/mol. The number of halogens is 1. The maximum Gasteiger partial charge on any atom is 0.332 e. The van der Waals surface area contributed by atoms with Crippen LogP contribution in [-0.2, 0) is 31.4 Å². The SMILES string of the molecule is CCCn1c(=O)c2nc(-c3cc(NC(=O)Cc4cccc(F)c4)nn3C)[nH]c2n(CCC)c1=O. The fourth-order valence-electron chi connectivity index (χ4n) is 3.91. The van der Waals surface area contributed by atoms with Gasteiger partial charge in [-0.05, 0) is 30.5 Å². The van der Waals surface area contributed by atoms with Gasteiger partial charge in [-0.1, -0.05) is 26.0 Å². The number of amides is 1. The van der Waals surface area contributed by atoms with E-state index in [1.807, 2.05) is 13.8 Å². The van der Waals surface area contributed by atoms with Gasteiger partial charge in [0.15, 0.2) is 17.2 Å². The molecule has 0 spiro atoms. The number of H-pyrrole nitrogens is 1. The van der Waals surface area contributed by atoms with E-state index in [0.29, 0.717) is 48.7 Å². The molecule has 0 unspecified atom stereocenters. The highest BCUT2D eigenvalue weighted by molar-refractivity contribution is 5.92. The van der Waals surface area contributed by atoms with Crippen molar-refractivity contribution in [2.45, 2.75) is 46.2 Å². The Labute approximate surface area is 194 Å². The molecule has 0 aliphatic carbocycles. The van der Waals surface area contributed by atoms with Crippen molar-refractivity contribution in [3.8, 4) is 11.5 Å². The smallest absolute Gasteiger partial charge is 0.322 e. The summed E-state index contributed by atoms with van der Waals surface area (Å²) >= 11 is 0. The first kappa shape index (κ1) is 23.1.